The lowest BCUT2D eigenvalue weighted by Crippen LogP contribution is -2.26. The van der Waals surface area contributed by atoms with E-state index in [0.717, 1.165) is 6.42 Å². The molecule has 0 unspecified atom stereocenters. The fourth-order valence-electron chi connectivity index (χ4n) is 2.81. The molecule has 0 radical (unpaired) electrons. The van der Waals surface area contributed by atoms with Crippen LogP contribution in [0.2, 0.25) is 0 Å². The number of hydrogen-bond donors (Lipinski definition) is 2. The quantitative estimate of drug-likeness (QED) is 0.812. The number of sulfonamides is 1. The second-order valence-electron chi connectivity index (χ2n) is 5.60. The summed E-state index contributed by atoms with van der Waals surface area (Å²) in [4.78, 5) is 4.37. The molecule has 1 aromatic heterocycles. The third kappa shape index (κ3) is 4.97. The minimum atomic E-state index is -3.43. The first-order valence-corrected chi connectivity index (χ1v) is 9.29. The molecule has 0 aliphatic heterocycles. The molecular formula is C15H25N3O2S. The molecule has 1 heterocycles. The Morgan fingerprint density at radius 2 is 2.05 bits per heavy atom. The van der Waals surface area contributed by atoms with Gasteiger partial charge in [-0.05, 0) is 25.3 Å². The number of pyridine rings is 1. The van der Waals surface area contributed by atoms with Crippen molar-refractivity contribution in [3.63, 3.8) is 0 Å². The summed E-state index contributed by atoms with van der Waals surface area (Å²) in [5, 5.41) is 3.02. The van der Waals surface area contributed by atoms with Gasteiger partial charge in [-0.2, -0.15) is 0 Å². The molecule has 21 heavy (non-hydrogen) atoms. The third-order valence-corrected chi connectivity index (χ3v) is 5.43. The predicted octanol–water partition coefficient (Wildman–Crippen LogP) is 2.76. The van der Waals surface area contributed by atoms with Crippen molar-refractivity contribution in [3.05, 3.63) is 18.3 Å². The van der Waals surface area contributed by atoms with E-state index >= 15 is 0 Å². The van der Waals surface area contributed by atoms with E-state index in [-0.39, 0.29) is 4.90 Å². The second kappa shape index (κ2) is 7.75. The van der Waals surface area contributed by atoms with Gasteiger partial charge < -0.3 is 5.32 Å². The van der Waals surface area contributed by atoms with Crippen molar-refractivity contribution in [2.24, 2.45) is 5.92 Å². The Labute approximate surface area is 127 Å². The number of aromatic nitrogens is 1. The molecule has 2 N–H and O–H groups in total. The highest BCUT2D eigenvalue weighted by Crippen LogP contribution is 2.26. The Bertz CT molecular complexity index is 540. The van der Waals surface area contributed by atoms with E-state index in [1.54, 1.807) is 6.07 Å². The molecule has 0 saturated heterocycles. The zero-order valence-electron chi connectivity index (χ0n) is 12.6. The summed E-state index contributed by atoms with van der Waals surface area (Å²) < 4.78 is 27.2. The van der Waals surface area contributed by atoms with Crippen LogP contribution in [0.15, 0.2) is 23.2 Å². The van der Waals surface area contributed by atoms with Gasteiger partial charge in [-0.25, -0.2) is 18.1 Å². The van der Waals surface area contributed by atoms with Crippen molar-refractivity contribution < 1.29 is 8.42 Å². The fourth-order valence-corrected chi connectivity index (χ4v) is 3.87. The van der Waals surface area contributed by atoms with Gasteiger partial charge in [0.1, 0.15) is 5.82 Å². The van der Waals surface area contributed by atoms with E-state index in [9.17, 15) is 8.42 Å². The van der Waals surface area contributed by atoms with Gasteiger partial charge in [0.25, 0.3) is 0 Å². The van der Waals surface area contributed by atoms with Crippen LogP contribution in [0.1, 0.15) is 45.4 Å². The maximum Gasteiger partial charge on any atom is 0.240 e. The van der Waals surface area contributed by atoms with Gasteiger partial charge in [0.15, 0.2) is 0 Å². The first-order chi connectivity index (χ1) is 10.1. The highest BCUT2D eigenvalue weighted by Gasteiger charge is 2.17. The molecule has 1 aliphatic rings. The summed E-state index contributed by atoms with van der Waals surface area (Å²) >= 11 is 0. The van der Waals surface area contributed by atoms with Crippen molar-refractivity contribution in [2.75, 3.05) is 18.4 Å². The average molecular weight is 311 g/mol. The molecule has 1 aliphatic carbocycles. The zero-order valence-corrected chi connectivity index (χ0v) is 13.5. The Balaban J connectivity index is 1.90. The normalized spacial score (nSPS) is 16.8. The number of rotatable bonds is 7. The molecule has 0 bridgehead atoms. The van der Waals surface area contributed by atoms with E-state index in [1.807, 2.05) is 6.92 Å². The van der Waals surface area contributed by atoms with Crippen molar-refractivity contribution in [3.8, 4) is 0 Å². The molecular weight excluding hydrogens is 286 g/mol. The van der Waals surface area contributed by atoms with Crippen LogP contribution in [0, 0.1) is 5.92 Å². The summed E-state index contributed by atoms with van der Waals surface area (Å²) in [6.07, 6.45) is 8.83. The minimum Gasteiger partial charge on any atom is -0.370 e. The van der Waals surface area contributed by atoms with Gasteiger partial charge in [-0.15, -0.1) is 0 Å². The van der Waals surface area contributed by atoms with Gasteiger partial charge in [0.2, 0.25) is 10.0 Å². The molecule has 6 heteroatoms. The molecule has 2 rings (SSSR count). The first kappa shape index (κ1) is 16.2. The molecule has 1 fully saturated rings. The van der Waals surface area contributed by atoms with Gasteiger partial charge in [0.05, 0.1) is 4.90 Å². The van der Waals surface area contributed by atoms with Crippen LogP contribution in [0.5, 0.6) is 0 Å². The second-order valence-corrected chi connectivity index (χ2v) is 7.36. The molecule has 5 nitrogen and oxygen atoms in total. The molecule has 0 aromatic carbocycles. The van der Waals surface area contributed by atoms with Gasteiger partial charge in [-0.1, -0.05) is 32.1 Å². The van der Waals surface area contributed by atoms with Crippen LogP contribution < -0.4 is 10.0 Å². The fraction of sp³-hybridized carbons (Fsp3) is 0.667. The number of hydrogen-bond acceptors (Lipinski definition) is 4. The maximum absolute atomic E-state index is 12.3. The maximum atomic E-state index is 12.3. The molecule has 1 aromatic rings. The Morgan fingerprint density at radius 1 is 1.29 bits per heavy atom. The van der Waals surface area contributed by atoms with E-state index in [2.05, 4.69) is 15.0 Å². The van der Waals surface area contributed by atoms with Crippen molar-refractivity contribution in [1.82, 2.24) is 9.71 Å². The highest BCUT2D eigenvalue weighted by molar-refractivity contribution is 7.89. The van der Waals surface area contributed by atoms with Crippen molar-refractivity contribution in [2.45, 2.75) is 50.3 Å². The van der Waals surface area contributed by atoms with Gasteiger partial charge >= 0.3 is 0 Å². The van der Waals surface area contributed by atoms with Crippen molar-refractivity contribution >= 4 is 15.8 Å². The van der Waals surface area contributed by atoms with Gasteiger partial charge in [-0.3, -0.25) is 0 Å². The van der Waals surface area contributed by atoms with Crippen LogP contribution in [-0.2, 0) is 10.0 Å². The van der Waals surface area contributed by atoms with Crippen LogP contribution in [0.25, 0.3) is 0 Å². The van der Waals surface area contributed by atoms with E-state index < -0.39 is 10.0 Å². The number of anilines is 1. The molecule has 118 valence electrons. The molecule has 0 spiro atoms. The Hall–Kier alpha value is -1.14. The van der Waals surface area contributed by atoms with E-state index in [0.29, 0.717) is 24.8 Å². The van der Waals surface area contributed by atoms with Gasteiger partial charge in [0, 0.05) is 25.4 Å². The smallest absolute Gasteiger partial charge is 0.240 e. The lowest BCUT2D eigenvalue weighted by atomic mass is 9.87. The standard InChI is InChI=1S/C15H25N3O2S/c1-2-16-15-12-14(9-10-17-15)21(19,20)18-11-8-13-6-4-3-5-7-13/h9-10,12-13,18H,2-8,11H2,1H3,(H,16,17). The molecule has 0 atom stereocenters. The zero-order chi connectivity index (χ0) is 15.1. The summed E-state index contributed by atoms with van der Waals surface area (Å²) in [5.41, 5.74) is 0. The predicted molar refractivity (Wildman–Crippen MR) is 84.8 cm³/mol. The lowest BCUT2D eigenvalue weighted by Gasteiger charge is -2.21. The Morgan fingerprint density at radius 3 is 2.76 bits per heavy atom. The van der Waals surface area contributed by atoms with Crippen LogP contribution >= 0.6 is 0 Å². The summed E-state index contributed by atoms with van der Waals surface area (Å²) in [6.45, 7) is 3.18. The minimum absolute atomic E-state index is 0.275. The highest BCUT2D eigenvalue weighted by atomic mass is 32.2. The number of nitrogens with zero attached hydrogens (tertiary/aromatic N) is 1. The van der Waals surface area contributed by atoms with E-state index in [4.69, 9.17) is 0 Å². The largest absolute Gasteiger partial charge is 0.370 e. The third-order valence-electron chi connectivity index (χ3n) is 3.97. The monoisotopic (exact) mass is 311 g/mol. The molecule has 0 amide bonds. The Kier molecular flexibility index (Phi) is 5.99. The summed E-state index contributed by atoms with van der Waals surface area (Å²) in [5.74, 6) is 1.27. The lowest BCUT2D eigenvalue weighted by molar-refractivity contribution is 0.339. The molecule has 1 saturated carbocycles. The van der Waals surface area contributed by atoms with Crippen LogP contribution in [0.3, 0.4) is 0 Å². The van der Waals surface area contributed by atoms with Crippen LogP contribution in [-0.4, -0.2) is 26.5 Å². The number of nitrogens with one attached hydrogen (secondary N) is 2. The topological polar surface area (TPSA) is 71.1 Å². The summed E-state index contributed by atoms with van der Waals surface area (Å²) in [6, 6.07) is 3.11. The van der Waals surface area contributed by atoms with Crippen LogP contribution in [0.4, 0.5) is 5.82 Å². The SMILES string of the molecule is CCNc1cc(S(=O)(=O)NCCC2CCCCC2)ccn1. The summed E-state index contributed by atoms with van der Waals surface area (Å²) in [7, 11) is -3.43. The van der Waals surface area contributed by atoms with E-state index in [1.165, 1.54) is 44.4 Å². The van der Waals surface area contributed by atoms with Crippen molar-refractivity contribution in [1.29, 1.82) is 0 Å². The average Bonchev–Trinajstić information content (AvgIpc) is 2.49. The first-order valence-electron chi connectivity index (χ1n) is 7.81.